The smallest absolute Gasteiger partial charge is 0.274 e. The third-order valence-electron chi connectivity index (χ3n) is 3.60. The Morgan fingerprint density at radius 2 is 2.09 bits per heavy atom. The first-order valence-corrected chi connectivity index (χ1v) is 8.36. The van der Waals surface area contributed by atoms with Crippen LogP contribution in [0.5, 0.6) is 0 Å². The van der Waals surface area contributed by atoms with Crippen LogP contribution in [0.15, 0.2) is 42.6 Å². The summed E-state index contributed by atoms with van der Waals surface area (Å²) < 4.78 is 1.78. The number of thiazole rings is 1. The van der Waals surface area contributed by atoms with Crippen LogP contribution in [0.4, 0.5) is 5.13 Å². The highest BCUT2D eigenvalue weighted by Crippen LogP contribution is 2.28. The molecule has 0 bridgehead atoms. The molecule has 0 aliphatic rings. The van der Waals surface area contributed by atoms with Crippen LogP contribution in [0.25, 0.3) is 0 Å². The van der Waals surface area contributed by atoms with E-state index < -0.39 is 0 Å². The zero-order chi connectivity index (χ0) is 16.4. The largest absolute Gasteiger partial charge is 0.347 e. The van der Waals surface area contributed by atoms with E-state index in [1.54, 1.807) is 10.6 Å². The van der Waals surface area contributed by atoms with E-state index in [9.17, 15) is 4.79 Å². The van der Waals surface area contributed by atoms with Crippen LogP contribution in [-0.4, -0.2) is 15.5 Å². The van der Waals surface area contributed by atoms with Crippen LogP contribution in [0.1, 0.15) is 26.6 Å². The van der Waals surface area contributed by atoms with Gasteiger partial charge in [-0.1, -0.05) is 29.8 Å². The average molecular weight is 346 g/mol. The van der Waals surface area contributed by atoms with Gasteiger partial charge in [-0.3, -0.25) is 10.1 Å². The molecule has 1 amide bonds. The minimum absolute atomic E-state index is 0.157. The Morgan fingerprint density at radius 3 is 2.78 bits per heavy atom. The van der Waals surface area contributed by atoms with E-state index in [4.69, 9.17) is 11.6 Å². The number of aryl methyl sites for hydroxylation is 2. The van der Waals surface area contributed by atoms with Crippen LogP contribution >= 0.6 is 22.9 Å². The number of carbonyl (C=O) groups excluding carboxylic acids is 1. The van der Waals surface area contributed by atoms with Crippen molar-refractivity contribution in [3.63, 3.8) is 0 Å². The zero-order valence-electron chi connectivity index (χ0n) is 12.8. The maximum atomic E-state index is 12.2. The topological polar surface area (TPSA) is 46.9 Å². The molecule has 0 aliphatic carbocycles. The van der Waals surface area contributed by atoms with Crippen LogP contribution in [0.2, 0.25) is 5.02 Å². The summed E-state index contributed by atoms with van der Waals surface area (Å²) in [6.07, 6.45) is 2.55. The molecule has 118 valence electrons. The Kier molecular flexibility index (Phi) is 4.50. The number of halogens is 1. The van der Waals surface area contributed by atoms with Crippen molar-refractivity contribution in [1.82, 2.24) is 9.55 Å². The fourth-order valence-corrected chi connectivity index (χ4v) is 3.50. The van der Waals surface area contributed by atoms with Gasteiger partial charge in [-0.05, 0) is 30.7 Å². The number of carbonyl (C=O) groups is 1. The van der Waals surface area contributed by atoms with E-state index in [2.05, 4.69) is 10.3 Å². The normalized spacial score (nSPS) is 10.7. The second kappa shape index (κ2) is 6.56. The lowest BCUT2D eigenvalue weighted by atomic mass is 10.1. The van der Waals surface area contributed by atoms with Gasteiger partial charge in [0.2, 0.25) is 0 Å². The molecule has 6 heteroatoms. The van der Waals surface area contributed by atoms with Gasteiger partial charge in [-0.25, -0.2) is 4.98 Å². The van der Waals surface area contributed by atoms with Crippen molar-refractivity contribution in [2.75, 3.05) is 5.32 Å². The number of amides is 1. The second-order valence-electron chi connectivity index (χ2n) is 5.25. The maximum absolute atomic E-state index is 12.2. The van der Waals surface area contributed by atoms with Crippen LogP contribution in [0, 0.1) is 6.92 Å². The molecule has 2 heterocycles. The van der Waals surface area contributed by atoms with Gasteiger partial charge in [-0.15, -0.1) is 11.3 Å². The zero-order valence-corrected chi connectivity index (χ0v) is 14.4. The van der Waals surface area contributed by atoms with Gasteiger partial charge < -0.3 is 4.57 Å². The van der Waals surface area contributed by atoms with E-state index in [1.165, 1.54) is 11.3 Å². The molecule has 0 aliphatic heterocycles. The summed E-state index contributed by atoms with van der Waals surface area (Å²) in [5, 5.41) is 4.21. The Bertz CT molecular complexity index is 853. The molecule has 3 aromatic rings. The number of nitrogens with zero attached hydrogens (tertiary/aromatic N) is 2. The summed E-state index contributed by atoms with van der Waals surface area (Å²) in [6.45, 7) is 1.95. The maximum Gasteiger partial charge on any atom is 0.274 e. The predicted molar refractivity (Wildman–Crippen MR) is 94.5 cm³/mol. The third-order valence-corrected chi connectivity index (χ3v) is 5.04. The van der Waals surface area contributed by atoms with E-state index in [0.717, 1.165) is 21.2 Å². The molecule has 2 aromatic heterocycles. The number of rotatable bonds is 4. The summed E-state index contributed by atoms with van der Waals surface area (Å²) in [5.74, 6) is -0.157. The van der Waals surface area contributed by atoms with Crippen molar-refractivity contribution in [3.05, 3.63) is 69.4 Å². The predicted octanol–water partition coefficient (Wildman–Crippen LogP) is 4.29. The van der Waals surface area contributed by atoms with E-state index >= 15 is 0 Å². The molecule has 0 fully saturated rings. The lowest BCUT2D eigenvalue weighted by molar-refractivity contribution is 0.101. The van der Waals surface area contributed by atoms with Gasteiger partial charge >= 0.3 is 0 Å². The molecule has 0 saturated heterocycles. The van der Waals surface area contributed by atoms with Crippen molar-refractivity contribution in [3.8, 4) is 0 Å². The number of aromatic nitrogens is 2. The minimum Gasteiger partial charge on any atom is -0.347 e. The van der Waals surface area contributed by atoms with Crippen LogP contribution in [-0.2, 0) is 13.5 Å². The molecule has 23 heavy (non-hydrogen) atoms. The summed E-state index contributed by atoms with van der Waals surface area (Å²) in [5.41, 5.74) is 2.57. The Hall–Kier alpha value is -2.11. The Morgan fingerprint density at radius 1 is 1.30 bits per heavy atom. The molecule has 0 saturated carbocycles. The van der Waals surface area contributed by atoms with Gasteiger partial charge in [-0.2, -0.15) is 0 Å². The summed E-state index contributed by atoms with van der Waals surface area (Å²) in [4.78, 5) is 17.8. The standard InChI is InChI=1S/C17H16ClN3OS/c1-11-15(10-12-6-3-4-7-13(12)18)23-17(19-11)20-16(22)14-8-5-9-21(14)2/h3-9H,10H2,1-2H3,(H,19,20,22). The van der Waals surface area contributed by atoms with Gasteiger partial charge in [0.05, 0.1) is 5.69 Å². The van der Waals surface area contributed by atoms with Gasteiger partial charge in [0.25, 0.3) is 5.91 Å². The first-order valence-electron chi connectivity index (χ1n) is 7.17. The van der Waals surface area contributed by atoms with Gasteiger partial charge in [0.15, 0.2) is 5.13 Å². The molecule has 3 rings (SSSR count). The molecule has 0 spiro atoms. The van der Waals surface area contributed by atoms with E-state index in [-0.39, 0.29) is 5.91 Å². The Labute approximate surface area is 143 Å². The van der Waals surface area contributed by atoms with Crippen molar-refractivity contribution >= 4 is 34.0 Å². The molecule has 4 nitrogen and oxygen atoms in total. The SMILES string of the molecule is Cc1nc(NC(=O)c2cccn2C)sc1Cc1ccccc1Cl. The van der Waals surface area contributed by atoms with Gasteiger partial charge in [0.1, 0.15) is 5.69 Å². The number of anilines is 1. The minimum atomic E-state index is -0.157. The van der Waals surface area contributed by atoms with Gasteiger partial charge in [0, 0.05) is 29.6 Å². The second-order valence-corrected chi connectivity index (χ2v) is 6.75. The first kappa shape index (κ1) is 15.8. The Balaban J connectivity index is 1.77. The molecule has 0 unspecified atom stereocenters. The summed E-state index contributed by atoms with van der Waals surface area (Å²) >= 11 is 7.70. The average Bonchev–Trinajstić information content (AvgIpc) is 3.08. The van der Waals surface area contributed by atoms with E-state index in [1.807, 2.05) is 50.5 Å². The fourth-order valence-electron chi connectivity index (χ4n) is 2.32. The number of nitrogens with one attached hydrogen (secondary N) is 1. The van der Waals surface area contributed by atoms with Crippen molar-refractivity contribution in [1.29, 1.82) is 0 Å². The summed E-state index contributed by atoms with van der Waals surface area (Å²) in [7, 11) is 1.84. The van der Waals surface area contributed by atoms with Crippen LogP contribution < -0.4 is 5.32 Å². The van der Waals surface area contributed by atoms with Crippen LogP contribution in [0.3, 0.4) is 0 Å². The van der Waals surface area contributed by atoms with Crippen molar-refractivity contribution < 1.29 is 4.79 Å². The molecule has 0 atom stereocenters. The fraction of sp³-hybridized carbons (Fsp3) is 0.176. The van der Waals surface area contributed by atoms with E-state index in [0.29, 0.717) is 17.2 Å². The number of benzene rings is 1. The molecule has 1 N–H and O–H groups in total. The molecule has 1 aromatic carbocycles. The summed E-state index contributed by atoms with van der Waals surface area (Å²) in [6, 6.07) is 11.4. The lowest BCUT2D eigenvalue weighted by Crippen LogP contribution is -2.15. The quantitative estimate of drug-likeness (QED) is 0.766. The molecular weight excluding hydrogens is 330 g/mol. The highest BCUT2D eigenvalue weighted by Gasteiger charge is 2.14. The first-order chi connectivity index (χ1) is 11.0. The monoisotopic (exact) mass is 345 g/mol. The molecule has 0 radical (unpaired) electrons. The highest BCUT2D eigenvalue weighted by atomic mass is 35.5. The van der Waals surface area contributed by atoms with Crippen molar-refractivity contribution in [2.24, 2.45) is 7.05 Å². The number of hydrogen-bond donors (Lipinski definition) is 1. The lowest BCUT2D eigenvalue weighted by Gasteiger charge is -2.03. The highest BCUT2D eigenvalue weighted by molar-refractivity contribution is 7.15. The number of hydrogen-bond acceptors (Lipinski definition) is 3. The van der Waals surface area contributed by atoms with Crippen molar-refractivity contribution in [2.45, 2.75) is 13.3 Å². The third kappa shape index (κ3) is 3.46. The molecular formula is C17H16ClN3OS.